The van der Waals surface area contributed by atoms with Crippen molar-refractivity contribution in [3.63, 3.8) is 0 Å². The van der Waals surface area contributed by atoms with Gasteiger partial charge in [-0.05, 0) is 16.7 Å². The molecule has 0 aliphatic rings. The van der Waals surface area contributed by atoms with Gasteiger partial charge in [0.2, 0.25) is 21.8 Å². The van der Waals surface area contributed by atoms with Gasteiger partial charge in [-0.2, -0.15) is 4.80 Å². The van der Waals surface area contributed by atoms with Crippen molar-refractivity contribution in [2.45, 2.75) is 17.2 Å². The first-order chi connectivity index (χ1) is 13.9. The van der Waals surface area contributed by atoms with Crippen LogP contribution in [0.5, 0.6) is 0 Å². The third-order valence-electron chi connectivity index (χ3n) is 3.52. The summed E-state index contributed by atoms with van der Waals surface area (Å²) in [6.45, 7) is -0.349. The third kappa shape index (κ3) is 5.91. The van der Waals surface area contributed by atoms with Crippen LogP contribution in [0.1, 0.15) is 6.42 Å². The van der Waals surface area contributed by atoms with Gasteiger partial charge >= 0.3 is 0 Å². The van der Waals surface area contributed by atoms with Gasteiger partial charge in [0.1, 0.15) is 10.8 Å². The fourth-order valence-electron chi connectivity index (χ4n) is 2.17. The normalized spacial score (nSPS) is 11.2. The number of carbonyl (C=O) groups is 2. The van der Waals surface area contributed by atoms with E-state index in [2.05, 4.69) is 31.0 Å². The van der Waals surface area contributed by atoms with Crippen molar-refractivity contribution < 1.29 is 18.0 Å². The third-order valence-corrected chi connectivity index (χ3v) is 6.37. The van der Waals surface area contributed by atoms with E-state index in [0.717, 1.165) is 21.7 Å². The van der Waals surface area contributed by atoms with Crippen LogP contribution in [0.3, 0.4) is 0 Å². The van der Waals surface area contributed by atoms with Crippen molar-refractivity contribution in [3.05, 3.63) is 47.8 Å². The Morgan fingerprint density at radius 3 is 2.52 bits per heavy atom. The Morgan fingerprint density at radius 1 is 1.03 bits per heavy atom. The van der Waals surface area contributed by atoms with Gasteiger partial charge in [0.05, 0.1) is 0 Å². The topological polar surface area (TPSA) is 148 Å². The first-order valence-electron chi connectivity index (χ1n) is 8.38. The van der Waals surface area contributed by atoms with Gasteiger partial charge in [-0.15, -0.1) is 21.5 Å². The largest absolute Gasteiger partial charge is 0.273 e. The van der Waals surface area contributed by atoms with Gasteiger partial charge in [-0.25, -0.2) is 13.1 Å². The Morgan fingerprint density at radius 2 is 1.79 bits per heavy atom. The summed E-state index contributed by atoms with van der Waals surface area (Å²) in [4.78, 5) is 24.7. The lowest BCUT2D eigenvalue weighted by Gasteiger charge is -2.07. The van der Waals surface area contributed by atoms with Crippen LogP contribution in [-0.2, 0) is 26.2 Å². The Labute approximate surface area is 170 Å². The molecule has 2 aromatic heterocycles. The second-order valence-electron chi connectivity index (χ2n) is 5.69. The minimum absolute atomic E-state index is 0.104. The molecule has 3 aromatic rings. The molecular weight excluding hydrogens is 418 g/mol. The molecule has 0 unspecified atom stereocenters. The monoisotopic (exact) mass is 435 g/mol. The molecule has 2 heterocycles. The summed E-state index contributed by atoms with van der Waals surface area (Å²) in [6, 6.07) is 12.2. The molecule has 29 heavy (non-hydrogen) atoms. The second-order valence-corrected chi connectivity index (χ2v) is 8.63. The van der Waals surface area contributed by atoms with Gasteiger partial charge in [0.25, 0.3) is 5.91 Å². The Balaban J connectivity index is 1.39. The molecule has 3 rings (SSSR count). The van der Waals surface area contributed by atoms with E-state index in [1.807, 2.05) is 30.3 Å². The fourth-order valence-corrected chi connectivity index (χ4v) is 4.24. The molecule has 0 spiro atoms. The number of benzene rings is 1. The lowest BCUT2D eigenvalue weighted by atomic mass is 10.2. The Kier molecular flexibility index (Phi) is 6.64. The van der Waals surface area contributed by atoms with Crippen molar-refractivity contribution in [1.29, 1.82) is 0 Å². The molecule has 0 fully saturated rings. The van der Waals surface area contributed by atoms with Crippen LogP contribution in [0.15, 0.2) is 52.1 Å². The van der Waals surface area contributed by atoms with Crippen LogP contribution < -0.4 is 15.6 Å². The first kappa shape index (κ1) is 20.6. The Bertz CT molecular complexity index is 1070. The summed E-state index contributed by atoms with van der Waals surface area (Å²) in [5.41, 5.74) is 5.18. The van der Waals surface area contributed by atoms with E-state index in [4.69, 9.17) is 0 Å². The highest BCUT2D eigenvalue weighted by molar-refractivity contribution is 7.91. The second kappa shape index (κ2) is 9.36. The highest BCUT2D eigenvalue weighted by Gasteiger charge is 2.15. The zero-order valence-electron chi connectivity index (χ0n) is 15.0. The van der Waals surface area contributed by atoms with Crippen LogP contribution >= 0.6 is 11.3 Å². The minimum Gasteiger partial charge on any atom is -0.273 e. The maximum atomic E-state index is 11.9. The molecular formula is C16H17N7O4S2. The number of tetrazole rings is 1. The number of hydrogen-bond donors (Lipinski definition) is 3. The van der Waals surface area contributed by atoms with Crippen molar-refractivity contribution in [1.82, 2.24) is 35.8 Å². The van der Waals surface area contributed by atoms with Gasteiger partial charge in [0, 0.05) is 18.5 Å². The number of nitrogens with one attached hydrogen (secondary N) is 3. The fraction of sp³-hybridized carbons (Fsp3) is 0.188. The number of sulfonamides is 1. The molecule has 3 N–H and O–H groups in total. The summed E-state index contributed by atoms with van der Waals surface area (Å²) in [5, 5.41) is 13.4. The quantitative estimate of drug-likeness (QED) is 0.419. The van der Waals surface area contributed by atoms with Crippen molar-refractivity contribution in [2.75, 3.05) is 6.54 Å². The molecule has 0 aliphatic carbocycles. The molecule has 0 saturated heterocycles. The standard InChI is InChI=1S/C16H17N7O4S2/c24-13(8-9-17-29(26,27)15-7-4-10-28-15)18-19-14(25)11-23-21-16(20-22-23)12-5-2-1-3-6-12/h1-7,10,17H,8-9,11H2,(H,18,24)(H,19,25). The van der Waals surface area contributed by atoms with Crippen LogP contribution in [0, 0.1) is 0 Å². The summed E-state index contributed by atoms with van der Waals surface area (Å²) in [7, 11) is -3.63. The number of carbonyl (C=O) groups excluding carboxylic acids is 2. The number of thiophene rings is 1. The van der Waals surface area contributed by atoms with Crippen molar-refractivity contribution in [3.8, 4) is 11.4 Å². The Hall–Kier alpha value is -3.16. The van der Waals surface area contributed by atoms with Gasteiger partial charge < -0.3 is 0 Å². The molecule has 152 valence electrons. The van der Waals surface area contributed by atoms with E-state index in [-0.39, 0.29) is 23.7 Å². The van der Waals surface area contributed by atoms with Gasteiger partial charge in [-0.3, -0.25) is 20.4 Å². The lowest BCUT2D eigenvalue weighted by molar-refractivity contribution is -0.129. The lowest BCUT2D eigenvalue weighted by Crippen LogP contribution is -2.44. The van der Waals surface area contributed by atoms with Crippen molar-refractivity contribution >= 4 is 33.2 Å². The average Bonchev–Trinajstić information content (AvgIpc) is 3.40. The van der Waals surface area contributed by atoms with E-state index in [0.29, 0.717) is 5.82 Å². The summed E-state index contributed by atoms with van der Waals surface area (Å²) >= 11 is 1.08. The van der Waals surface area contributed by atoms with Gasteiger partial charge in [0.15, 0.2) is 0 Å². The number of hydrogen-bond acceptors (Lipinski definition) is 8. The predicted octanol–water partition coefficient (Wildman–Crippen LogP) is -0.0824. The number of aromatic nitrogens is 4. The number of amides is 2. The van der Waals surface area contributed by atoms with E-state index < -0.39 is 21.8 Å². The maximum absolute atomic E-state index is 11.9. The summed E-state index contributed by atoms with van der Waals surface area (Å²) in [6.07, 6.45) is -0.148. The zero-order valence-corrected chi connectivity index (χ0v) is 16.6. The molecule has 0 aliphatic heterocycles. The highest BCUT2D eigenvalue weighted by Crippen LogP contribution is 2.15. The zero-order chi connectivity index (χ0) is 20.7. The van der Waals surface area contributed by atoms with Crippen molar-refractivity contribution in [2.24, 2.45) is 0 Å². The summed E-state index contributed by atoms with van der Waals surface area (Å²) in [5.74, 6) is -0.737. The maximum Gasteiger partial charge on any atom is 0.262 e. The van der Waals surface area contributed by atoms with E-state index in [9.17, 15) is 18.0 Å². The highest BCUT2D eigenvalue weighted by atomic mass is 32.2. The smallest absolute Gasteiger partial charge is 0.262 e. The molecule has 1 aromatic carbocycles. The number of hydrazine groups is 1. The van der Waals surface area contributed by atoms with Crippen LogP contribution in [-0.4, -0.2) is 47.0 Å². The van der Waals surface area contributed by atoms with Crippen LogP contribution in [0.4, 0.5) is 0 Å². The van der Waals surface area contributed by atoms with E-state index >= 15 is 0 Å². The minimum atomic E-state index is -3.63. The number of rotatable bonds is 8. The molecule has 0 saturated carbocycles. The van der Waals surface area contributed by atoms with Crippen LogP contribution in [0.2, 0.25) is 0 Å². The van der Waals surface area contributed by atoms with Crippen LogP contribution in [0.25, 0.3) is 11.4 Å². The number of nitrogens with zero attached hydrogens (tertiary/aromatic N) is 4. The SMILES string of the molecule is O=C(CCNS(=O)(=O)c1cccs1)NNC(=O)Cn1nnc(-c2ccccc2)n1. The summed E-state index contributed by atoms with van der Waals surface area (Å²) < 4.78 is 26.3. The first-order valence-corrected chi connectivity index (χ1v) is 10.7. The van der Waals surface area contributed by atoms with E-state index in [1.165, 1.54) is 6.07 Å². The molecule has 11 nitrogen and oxygen atoms in total. The molecule has 0 bridgehead atoms. The van der Waals surface area contributed by atoms with E-state index in [1.54, 1.807) is 11.4 Å². The molecule has 0 atom stereocenters. The average molecular weight is 435 g/mol. The molecule has 0 radical (unpaired) electrons. The molecule has 13 heteroatoms. The predicted molar refractivity (Wildman–Crippen MR) is 104 cm³/mol. The van der Waals surface area contributed by atoms with Gasteiger partial charge in [-0.1, -0.05) is 36.4 Å². The molecule has 2 amide bonds.